The first-order valence-corrected chi connectivity index (χ1v) is 24.9. The Morgan fingerprint density at radius 2 is 0.557 bits per heavy atom. The van der Waals surface area contributed by atoms with Crippen LogP contribution >= 0.6 is 0 Å². The van der Waals surface area contributed by atoms with E-state index in [-0.39, 0.29) is 38.9 Å². The monoisotopic (exact) mass is 1070 g/mol. The Balaban J connectivity index is 1.18. The molecule has 2 aliphatic rings. The highest BCUT2D eigenvalue weighted by molar-refractivity contribution is 5.93. The summed E-state index contributed by atoms with van der Waals surface area (Å²) < 4.78 is 62.0. The first kappa shape index (κ1) is 54.5. The molecule has 18 heteroatoms. The van der Waals surface area contributed by atoms with Gasteiger partial charge in [0.25, 0.3) is 0 Å². The van der Waals surface area contributed by atoms with E-state index in [0.717, 1.165) is 0 Å². The lowest BCUT2D eigenvalue weighted by Crippen LogP contribution is -2.67. The van der Waals surface area contributed by atoms with E-state index in [4.69, 9.17) is 47.4 Å². The van der Waals surface area contributed by atoms with Crippen molar-refractivity contribution < 1.29 is 86.0 Å². The van der Waals surface area contributed by atoms with Crippen molar-refractivity contribution in [2.75, 3.05) is 13.2 Å². The Labute approximate surface area is 452 Å². The molecular formula is C61H50O18. The predicted molar refractivity (Wildman–Crippen MR) is 276 cm³/mol. The van der Waals surface area contributed by atoms with Crippen LogP contribution in [0.2, 0.25) is 0 Å². The molecule has 7 aromatic rings. The number of rotatable bonds is 18. The number of hydrogen-bond acceptors (Lipinski definition) is 18. The quantitative estimate of drug-likeness (QED) is 0.0642. The van der Waals surface area contributed by atoms with Crippen molar-refractivity contribution in [3.8, 4) is 0 Å². The van der Waals surface area contributed by atoms with E-state index in [1.807, 2.05) is 0 Å². The molecule has 0 bridgehead atoms. The van der Waals surface area contributed by atoms with Crippen LogP contribution in [-0.4, -0.2) is 122 Å². The first-order chi connectivity index (χ1) is 38.5. The number of ether oxygens (including phenoxy) is 10. The zero-order valence-electron chi connectivity index (χ0n) is 41.8. The van der Waals surface area contributed by atoms with E-state index in [0.29, 0.717) is 0 Å². The first-order valence-electron chi connectivity index (χ1n) is 24.9. The van der Waals surface area contributed by atoms with E-state index in [9.17, 15) is 38.7 Å². The van der Waals surface area contributed by atoms with Gasteiger partial charge in [0, 0.05) is 0 Å². The molecular weight excluding hydrogens is 1020 g/mol. The molecule has 9 rings (SSSR count). The Bertz CT molecular complexity index is 3170. The molecule has 0 aliphatic carbocycles. The van der Waals surface area contributed by atoms with Gasteiger partial charge in [-0.15, -0.1) is 0 Å². The Hall–Kier alpha value is -9.33. The average molecular weight is 1070 g/mol. The largest absolute Gasteiger partial charge is 0.459 e. The van der Waals surface area contributed by atoms with Crippen molar-refractivity contribution in [2.45, 2.75) is 61.4 Å². The highest BCUT2D eigenvalue weighted by atomic mass is 16.8. The third-order valence-corrected chi connectivity index (χ3v) is 12.5. The molecule has 0 radical (unpaired) electrons. The smallest absolute Gasteiger partial charge is 0.338 e. The average Bonchev–Trinajstić information content (AvgIpc) is 3.51. The Kier molecular flexibility index (Phi) is 18.0. The molecule has 0 saturated carbocycles. The van der Waals surface area contributed by atoms with E-state index in [2.05, 4.69) is 0 Å². The van der Waals surface area contributed by atoms with Crippen molar-refractivity contribution in [3.63, 3.8) is 0 Å². The van der Waals surface area contributed by atoms with Crippen LogP contribution in [0.4, 0.5) is 0 Å². The zero-order chi connectivity index (χ0) is 55.1. The number of aliphatic hydroxyl groups is 1. The minimum absolute atomic E-state index is 0.00210. The molecule has 10 atom stereocenters. The number of esters is 7. The van der Waals surface area contributed by atoms with Crippen LogP contribution in [0.25, 0.3) is 0 Å². The predicted octanol–water partition coefficient (Wildman–Crippen LogP) is 7.66. The van der Waals surface area contributed by atoms with Crippen LogP contribution in [0.3, 0.4) is 0 Å². The minimum atomic E-state index is -2.12. The van der Waals surface area contributed by atoms with Gasteiger partial charge in [-0.05, 0) is 84.9 Å². The minimum Gasteiger partial charge on any atom is -0.459 e. The topological polar surface area (TPSA) is 232 Å². The van der Waals surface area contributed by atoms with Crippen LogP contribution in [0.5, 0.6) is 0 Å². The summed E-state index contributed by atoms with van der Waals surface area (Å²) in [5.74, 6) is -6.72. The molecule has 2 aliphatic heterocycles. The van der Waals surface area contributed by atoms with Crippen LogP contribution < -0.4 is 0 Å². The number of carbonyl (C=O) groups is 7. The molecule has 2 heterocycles. The molecule has 0 aromatic heterocycles. The van der Waals surface area contributed by atoms with Gasteiger partial charge < -0.3 is 52.5 Å². The molecule has 402 valence electrons. The number of hydrogen-bond donors (Lipinski definition) is 1. The molecule has 18 nitrogen and oxygen atoms in total. The van der Waals surface area contributed by atoms with Crippen LogP contribution in [0.15, 0.2) is 212 Å². The third-order valence-electron chi connectivity index (χ3n) is 12.5. The van der Waals surface area contributed by atoms with Gasteiger partial charge in [-0.2, -0.15) is 0 Å². The number of aliphatic hydroxyl groups excluding tert-OH is 1. The highest BCUT2D eigenvalue weighted by Crippen LogP contribution is 2.36. The van der Waals surface area contributed by atoms with Gasteiger partial charge >= 0.3 is 41.8 Å². The summed E-state index contributed by atoms with van der Waals surface area (Å²) in [6.45, 7) is -1.50. The second kappa shape index (κ2) is 26.1. The summed E-state index contributed by atoms with van der Waals surface area (Å²) in [4.78, 5) is 98.6. The van der Waals surface area contributed by atoms with Crippen molar-refractivity contribution >= 4 is 41.8 Å². The standard InChI is InChI=1S/C61H50O18/c62-53(38-22-8-1-9-23-38)70-36-45-48(49(75-56(65)41-28-14-4-15-29-41)51(60(69)72-45)77-58(67)43-32-18-6-19-33-43)79-61-52(78-59(68)44-34-20-7-21-35-44)50(76-57(66)42-30-16-5-17-31-42)47(74-55(64)40-26-12-3-13-27-40)46(73-61)37-71-54(63)39-24-10-2-11-25-39/h1-35,45-52,60-61,69H,36-37H2/t45-,46-,47-,48-,49+,50+,51-,52-,60+,61+/m1/s1. The summed E-state index contributed by atoms with van der Waals surface area (Å²) in [6, 6.07) is 54.1. The second-order valence-electron chi connectivity index (χ2n) is 17.8. The maximum Gasteiger partial charge on any atom is 0.338 e. The van der Waals surface area contributed by atoms with Gasteiger partial charge in [-0.3, -0.25) is 0 Å². The summed E-state index contributed by atoms with van der Waals surface area (Å²) in [5.41, 5.74) is 0.298. The summed E-state index contributed by atoms with van der Waals surface area (Å²) in [5, 5.41) is 11.9. The van der Waals surface area contributed by atoms with Crippen molar-refractivity contribution in [1.82, 2.24) is 0 Å². The zero-order valence-corrected chi connectivity index (χ0v) is 41.8. The molecule has 7 aromatic carbocycles. The lowest BCUT2D eigenvalue weighted by Gasteiger charge is -2.48. The Morgan fingerprint density at radius 1 is 0.304 bits per heavy atom. The summed E-state index contributed by atoms with van der Waals surface area (Å²) in [6.07, 6.45) is -19.0. The van der Waals surface area contributed by atoms with Gasteiger partial charge in [0.05, 0.1) is 38.9 Å². The molecule has 0 spiro atoms. The van der Waals surface area contributed by atoms with Crippen molar-refractivity contribution in [3.05, 3.63) is 251 Å². The van der Waals surface area contributed by atoms with Gasteiger partial charge in [-0.25, -0.2) is 33.6 Å². The Morgan fingerprint density at radius 3 is 0.886 bits per heavy atom. The van der Waals surface area contributed by atoms with E-state index >= 15 is 0 Å². The normalized spacial score (nSPS) is 22.4. The second-order valence-corrected chi connectivity index (χ2v) is 17.8. The molecule has 79 heavy (non-hydrogen) atoms. The fourth-order valence-corrected chi connectivity index (χ4v) is 8.59. The van der Waals surface area contributed by atoms with Crippen LogP contribution in [-0.2, 0) is 47.4 Å². The van der Waals surface area contributed by atoms with Gasteiger partial charge in [0.1, 0.15) is 31.5 Å². The molecule has 1 N–H and O–H groups in total. The maximum absolute atomic E-state index is 14.5. The van der Waals surface area contributed by atoms with E-state index in [1.54, 1.807) is 127 Å². The van der Waals surface area contributed by atoms with Gasteiger partial charge in [0.15, 0.2) is 43.1 Å². The van der Waals surface area contributed by atoms with E-state index in [1.165, 1.54) is 84.9 Å². The van der Waals surface area contributed by atoms with Crippen LogP contribution in [0.1, 0.15) is 72.5 Å². The lowest BCUT2D eigenvalue weighted by atomic mass is 9.95. The third kappa shape index (κ3) is 13.8. The maximum atomic E-state index is 14.5. The molecule has 2 saturated heterocycles. The van der Waals surface area contributed by atoms with Crippen molar-refractivity contribution in [1.29, 1.82) is 0 Å². The fraction of sp³-hybridized carbons (Fsp3) is 0.197. The summed E-state index contributed by atoms with van der Waals surface area (Å²) >= 11 is 0. The fourth-order valence-electron chi connectivity index (χ4n) is 8.59. The van der Waals surface area contributed by atoms with Gasteiger partial charge in [-0.1, -0.05) is 127 Å². The highest BCUT2D eigenvalue weighted by Gasteiger charge is 2.58. The van der Waals surface area contributed by atoms with Crippen LogP contribution in [0, 0.1) is 0 Å². The molecule has 0 unspecified atom stereocenters. The molecule has 0 amide bonds. The number of benzene rings is 7. The van der Waals surface area contributed by atoms with Gasteiger partial charge in [0.2, 0.25) is 0 Å². The SMILES string of the molecule is O=C(OC[C@H]1O[C@H](O)[C@H](OC(=O)c2ccccc2)[C@@H](OC(=O)c2ccccc2)[C@@H]1O[C@@H]1O[C@H](COC(=O)c2ccccc2)[C@@H](OC(=O)c2ccccc2)[C@H](OC(=O)c2ccccc2)[C@H]1OC(=O)c1ccccc1)c1ccccc1. The van der Waals surface area contributed by atoms with E-state index < -0.39 is 116 Å². The lowest BCUT2D eigenvalue weighted by molar-refractivity contribution is -0.352. The summed E-state index contributed by atoms with van der Waals surface area (Å²) in [7, 11) is 0. The molecule has 2 fully saturated rings. The van der Waals surface area contributed by atoms with Crippen molar-refractivity contribution in [2.24, 2.45) is 0 Å². The number of carbonyl (C=O) groups excluding carboxylic acids is 7.